The summed E-state index contributed by atoms with van der Waals surface area (Å²) in [5, 5.41) is 3.36. The van der Waals surface area contributed by atoms with E-state index in [2.05, 4.69) is 30.1 Å². The van der Waals surface area contributed by atoms with E-state index < -0.39 is 5.82 Å². The van der Waals surface area contributed by atoms with E-state index >= 15 is 0 Å². The lowest BCUT2D eigenvalue weighted by atomic mass is 9.99. The first-order valence-electron chi connectivity index (χ1n) is 10.1. The molecule has 4 rings (SSSR count). The summed E-state index contributed by atoms with van der Waals surface area (Å²) in [5.74, 6) is -0.631. The molecule has 0 bridgehead atoms. The second-order valence-corrected chi connectivity index (χ2v) is 7.97. The Labute approximate surface area is 178 Å². The minimum atomic E-state index is -0.439. The molecule has 156 valence electrons. The van der Waals surface area contributed by atoms with Crippen LogP contribution in [0.25, 0.3) is 11.1 Å². The number of nitrogens with one attached hydrogen (secondary N) is 1. The lowest BCUT2D eigenvalue weighted by Gasteiger charge is -2.32. The molecule has 0 aliphatic carbocycles. The Morgan fingerprint density at radius 2 is 1.69 bits per heavy atom. The molecule has 4 nitrogen and oxygen atoms in total. The highest BCUT2D eigenvalue weighted by Gasteiger charge is 2.32. The van der Waals surface area contributed by atoms with Crippen LogP contribution in [-0.2, 0) is 0 Å². The minimum absolute atomic E-state index is 0. The van der Waals surface area contributed by atoms with E-state index in [1.54, 1.807) is 11.0 Å². The van der Waals surface area contributed by atoms with Crippen LogP contribution in [0, 0.1) is 19.7 Å². The van der Waals surface area contributed by atoms with Crippen LogP contribution in [0.2, 0.25) is 0 Å². The predicted molar refractivity (Wildman–Crippen MR) is 117 cm³/mol. The zero-order valence-electron chi connectivity index (χ0n) is 17.1. The van der Waals surface area contributed by atoms with Gasteiger partial charge in [-0.05, 0) is 54.7 Å². The summed E-state index contributed by atoms with van der Waals surface area (Å²) in [4.78, 5) is 17.2. The summed E-state index contributed by atoms with van der Waals surface area (Å²) in [6, 6.07) is 11.5. The first kappa shape index (κ1) is 21.8. The van der Waals surface area contributed by atoms with Crippen molar-refractivity contribution in [2.75, 3.05) is 39.3 Å². The molecule has 0 spiro atoms. The lowest BCUT2D eigenvalue weighted by Crippen LogP contribution is -2.49. The molecule has 2 fully saturated rings. The van der Waals surface area contributed by atoms with E-state index in [4.69, 9.17) is 0 Å². The Bertz CT molecular complexity index is 882. The molecule has 0 saturated carbocycles. The number of hydrogen-bond donors (Lipinski definition) is 1. The third-order valence-electron chi connectivity index (χ3n) is 6.16. The average molecular weight is 418 g/mol. The molecule has 0 radical (unpaired) electrons. The number of benzene rings is 2. The van der Waals surface area contributed by atoms with E-state index in [0.717, 1.165) is 43.7 Å². The van der Waals surface area contributed by atoms with E-state index in [1.807, 2.05) is 18.2 Å². The van der Waals surface area contributed by atoms with E-state index in [-0.39, 0.29) is 23.9 Å². The highest BCUT2D eigenvalue weighted by atomic mass is 35.5. The minimum Gasteiger partial charge on any atom is -0.337 e. The topological polar surface area (TPSA) is 35.6 Å². The maximum Gasteiger partial charge on any atom is 0.256 e. The molecule has 1 unspecified atom stereocenters. The van der Waals surface area contributed by atoms with E-state index in [9.17, 15) is 9.18 Å². The third-order valence-corrected chi connectivity index (χ3v) is 6.16. The first-order chi connectivity index (χ1) is 13.5. The molecule has 1 N–H and O–H groups in total. The average Bonchev–Trinajstić information content (AvgIpc) is 3.20. The third kappa shape index (κ3) is 4.63. The first-order valence-corrected chi connectivity index (χ1v) is 10.1. The van der Waals surface area contributed by atoms with Crippen molar-refractivity contribution in [3.8, 4) is 11.1 Å². The highest BCUT2D eigenvalue weighted by molar-refractivity contribution is 5.95. The molecule has 2 aliphatic heterocycles. The van der Waals surface area contributed by atoms with Crippen LogP contribution in [0.3, 0.4) is 0 Å². The Morgan fingerprint density at radius 3 is 2.38 bits per heavy atom. The van der Waals surface area contributed by atoms with Crippen molar-refractivity contribution in [2.45, 2.75) is 26.3 Å². The van der Waals surface area contributed by atoms with E-state index in [1.165, 1.54) is 17.2 Å². The van der Waals surface area contributed by atoms with Crippen molar-refractivity contribution in [1.82, 2.24) is 15.1 Å². The zero-order valence-corrected chi connectivity index (χ0v) is 17.9. The standard InChI is InChI=1S/C23H28FN3O.ClH/c1-16-3-4-18(13-17(16)2)19-5-6-21(22(24)14-19)23(28)27-10-7-20(15-27)26-11-8-25-9-12-26;/h3-6,13-14,20,25H,7-12,15H2,1-2H3;1H. The van der Waals surface area contributed by atoms with Crippen LogP contribution in [0.1, 0.15) is 27.9 Å². The molecular formula is C23H29ClFN3O. The van der Waals surface area contributed by atoms with Crippen LogP contribution in [0.4, 0.5) is 4.39 Å². The number of hydrogen-bond acceptors (Lipinski definition) is 3. The number of amides is 1. The maximum absolute atomic E-state index is 14.8. The summed E-state index contributed by atoms with van der Waals surface area (Å²) in [7, 11) is 0. The van der Waals surface area contributed by atoms with Gasteiger partial charge in [0.1, 0.15) is 5.82 Å². The van der Waals surface area contributed by atoms with Crippen molar-refractivity contribution < 1.29 is 9.18 Å². The Kier molecular flexibility index (Phi) is 6.93. The van der Waals surface area contributed by atoms with Crippen LogP contribution in [0.5, 0.6) is 0 Å². The second-order valence-electron chi connectivity index (χ2n) is 7.97. The van der Waals surface area contributed by atoms with Gasteiger partial charge in [0.05, 0.1) is 5.56 Å². The largest absolute Gasteiger partial charge is 0.337 e. The monoisotopic (exact) mass is 417 g/mol. The number of carbonyl (C=O) groups is 1. The summed E-state index contributed by atoms with van der Waals surface area (Å²) in [6.45, 7) is 9.54. The number of aryl methyl sites for hydroxylation is 2. The second kappa shape index (κ2) is 9.24. The molecule has 2 saturated heterocycles. The summed E-state index contributed by atoms with van der Waals surface area (Å²) >= 11 is 0. The normalized spacial score (nSPS) is 19.8. The lowest BCUT2D eigenvalue weighted by molar-refractivity contribution is 0.0769. The van der Waals surface area contributed by atoms with Crippen LogP contribution >= 0.6 is 12.4 Å². The number of rotatable bonds is 3. The smallest absolute Gasteiger partial charge is 0.256 e. The molecule has 1 amide bonds. The molecule has 1 atom stereocenters. The molecule has 0 aromatic heterocycles. The van der Waals surface area contributed by atoms with Gasteiger partial charge in [0.2, 0.25) is 0 Å². The van der Waals surface area contributed by atoms with Crippen LogP contribution < -0.4 is 5.32 Å². The number of carbonyl (C=O) groups excluding carboxylic acids is 1. The van der Waals surface area contributed by atoms with Gasteiger partial charge < -0.3 is 10.2 Å². The molecule has 6 heteroatoms. The van der Waals surface area contributed by atoms with Crippen molar-refractivity contribution in [1.29, 1.82) is 0 Å². The molecule has 29 heavy (non-hydrogen) atoms. The van der Waals surface area contributed by atoms with Crippen LogP contribution in [-0.4, -0.2) is 61.0 Å². The molecule has 2 aromatic rings. The van der Waals surface area contributed by atoms with Gasteiger partial charge in [0, 0.05) is 45.3 Å². The van der Waals surface area contributed by atoms with Crippen molar-refractivity contribution in [3.63, 3.8) is 0 Å². The van der Waals surface area contributed by atoms with Gasteiger partial charge in [-0.15, -0.1) is 12.4 Å². The van der Waals surface area contributed by atoms with Gasteiger partial charge in [0.15, 0.2) is 0 Å². The Morgan fingerprint density at radius 1 is 1.00 bits per heavy atom. The Hall–Kier alpha value is -1.95. The Balaban J connectivity index is 0.00000240. The summed E-state index contributed by atoms with van der Waals surface area (Å²) in [5.41, 5.74) is 4.34. The zero-order chi connectivity index (χ0) is 19.7. The summed E-state index contributed by atoms with van der Waals surface area (Å²) < 4.78 is 14.8. The van der Waals surface area contributed by atoms with Gasteiger partial charge in [-0.2, -0.15) is 0 Å². The number of likely N-dealkylation sites (tertiary alicyclic amines) is 1. The highest BCUT2D eigenvalue weighted by Crippen LogP contribution is 2.26. The van der Waals surface area contributed by atoms with Crippen molar-refractivity contribution in [3.05, 3.63) is 58.9 Å². The quantitative estimate of drug-likeness (QED) is 0.828. The maximum atomic E-state index is 14.8. The van der Waals surface area contributed by atoms with Crippen molar-refractivity contribution in [2.24, 2.45) is 0 Å². The summed E-state index contributed by atoms with van der Waals surface area (Å²) in [6.07, 6.45) is 0.966. The van der Waals surface area contributed by atoms with E-state index in [0.29, 0.717) is 19.1 Å². The molecular weight excluding hydrogens is 389 g/mol. The molecule has 2 aromatic carbocycles. The molecule has 2 aliphatic rings. The fourth-order valence-corrected chi connectivity index (χ4v) is 4.23. The van der Waals surface area contributed by atoms with Gasteiger partial charge >= 0.3 is 0 Å². The van der Waals surface area contributed by atoms with Gasteiger partial charge in [-0.25, -0.2) is 4.39 Å². The SMILES string of the molecule is Cc1ccc(-c2ccc(C(=O)N3CCC(N4CCNCC4)C3)c(F)c2)cc1C.Cl. The molecule has 2 heterocycles. The fourth-order valence-electron chi connectivity index (χ4n) is 4.23. The van der Waals surface area contributed by atoms with Gasteiger partial charge in [-0.1, -0.05) is 24.3 Å². The number of nitrogens with zero attached hydrogens (tertiary/aromatic N) is 2. The van der Waals surface area contributed by atoms with Gasteiger partial charge in [-0.3, -0.25) is 9.69 Å². The fraction of sp³-hybridized carbons (Fsp3) is 0.435. The van der Waals surface area contributed by atoms with Gasteiger partial charge in [0.25, 0.3) is 5.91 Å². The number of piperazine rings is 1. The van der Waals surface area contributed by atoms with Crippen molar-refractivity contribution >= 4 is 18.3 Å². The van der Waals surface area contributed by atoms with Crippen LogP contribution in [0.15, 0.2) is 36.4 Å². The predicted octanol–water partition coefficient (Wildman–Crippen LogP) is 3.65. The number of halogens is 2.